The van der Waals surface area contributed by atoms with Crippen LogP contribution in [-0.4, -0.2) is 60.9 Å². The fraction of sp³-hybridized carbons (Fsp3) is 0.556. The third-order valence-electron chi connectivity index (χ3n) is 3.88. The molecule has 1 amide bonds. The van der Waals surface area contributed by atoms with E-state index in [1.54, 1.807) is 23.1 Å². The van der Waals surface area contributed by atoms with Gasteiger partial charge in [0, 0.05) is 18.7 Å². The monoisotopic (exact) mass is 351 g/mol. The molecule has 1 aliphatic rings. The van der Waals surface area contributed by atoms with Crippen molar-refractivity contribution in [2.75, 3.05) is 32.9 Å². The summed E-state index contributed by atoms with van der Waals surface area (Å²) in [6.07, 6.45) is 2.01. The van der Waals surface area contributed by atoms with E-state index in [2.05, 4.69) is 6.92 Å². The van der Waals surface area contributed by atoms with E-state index < -0.39 is 12.6 Å². The van der Waals surface area contributed by atoms with Gasteiger partial charge in [-0.3, -0.25) is 4.79 Å². The second-order valence-corrected chi connectivity index (χ2v) is 5.81. The number of benzene rings is 1. The van der Waals surface area contributed by atoms with E-state index in [-0.39, 0.29) is 12.0 Å². The standard InChI is InChI=1S/C18H25NO6/c1-3-5-14-11-19(8-9-24-14)18(22)13-6-7-15(25-12-17(20)21)16(10-13)23-4-2/h6-7,10,14H,3-5,8-9,11-12H2,1-2H3,(H,20,21). The first kappa shape index (κ1) is 19.1. The van der Waals surface area contributed by atoms with Crippen LogP contribution in [0, 0.1) is 0 Å². The molecule has 7 nitrogen and oxygen atoms in total. The first-order valence-corrected chi connectivity index (χ1v) is 8.57. The molecule has 1 atom stereocenters. The molecule has 0 radical (unpaired) electrons. The molecule has 0 bridgehead atoms. The summed E-state index contributed by atoms with van der Waals surface area (Å²) in [4.78, 5) is 25.2. The molecule has 1 saturated heterocycles. The van der Waals surface area contributed by atoms with E-state index in [1.807, 2.05) is 6.92 Å². The Hall–Kier alpha value is -2.28. The van der Waals surface area contributed by atoms with Crippen molar-refractivity contribution in [1.82, 2.24) is 4.90 Å². The summed E-state index contributed by atoms with van der Waals surface area (Å²) in [6, 6.07) is 4.81. The Kier molecular flexibility index (Phi) is 7.06. The van der Waals surface area contributed by atoms with Crippen LogP contribution >= 0.6 is 0 Å². The van der Waals surface area contributed by atoms with Gasteiger partial charge in [-0.15, -0.1) is 0 Å². The number of morpholine rings is 1. The summed E-state index contributed by atoms with van der Waals surface area (Å²) in [5, 5.41) is 8.74. The third-order valence-corrected chi connectivity index (χ3v) is 3.88. The summed E-state index contributed by atoms with van der Waals surface area (Å²) >= 11 is 0. The van der Waals surface area contributed by atoms with Gasteiger partial charge < -0.3 is 24.2 Å². The van der Waals surface area contributed by atoms with E-state index in [1.165, 1.54) is 0 Å². The Morgan fingerprint density at radius 3 is 2.76 bits per heavy atom. The summed E-state index contributed by atoms with van der Waals surface area (Å²) in [6.45, 7) is 5.50. The van der Waals surface area contributed by atoms with E-state index in [0.717, 1.165) is 12.8 Å². The van der Waals surface area contributed by atoms with Gasteiger partial charge >= 0.3 is 5.97 Å². The van der Waals surface area contributed by atoms with Gasteiger partial charge in [-0.25, -0.2) is 4.79 Å². The summed E-state index contributed by atoms with van der Waals surface area (Å²) in [7, 11) is 0. The fourth-order valence-electron chi connectivity index (χ4n) is 2.75. The van der Waals surface area contributed by atoms with E-state index in [9.17, 15) is 9.59 Å². The zero-order valence-corrected chi connectivity index (χ0v) is 14.7. The van der Waals surface area contributed by atoms with E-state index in [4.69, 9.17) is 19.3 Å². The molecule has 25 heavy (non-hydrogen) atoms. The number of carboxylic acid groups (broad SMARTS) is 1. The molecule has 0 aromatic heterocycles. The minimum atomic E-state index is -1.07. The Labute approximate surface area is 147 Å². The fourth-order valence-corrected chi connectivity index (χ4v) is 2.75. The lowest BCUT2D eigenvalue weighted by molar-refractivity contribution is -0.139. The Bertz CT molecular complexity index is 601. The van der Waals surface area contributed by atoms with Crippen LogP contribution < -0.4 is 9.47 Å². The molecule has 138 valence electrons. The maximum Gasteiger partial charge on any atom is 0.341 e. The van der Waals surface area contributed by atoms with Crippen molar-refractivity contribution in [3.05, 3.63) is 23.8 Å². The van der Waals surface area contributed by atoms with Crippen LogP contribution in [0.1, 0.15) is 37.0 Å². The van der Waals surface area contributed by atoms with Crippen LogP contribution in [0.3, 0.4) is 0 Å². The number of carbonyl (C=O) groups excluding carboxylic acids is 1. The maximum atomic E-state index is 12.8. The number of hydrogen-bond donors (Lipinski definition) is 1. The van der Waals surface area contributed by atoms with Crippen LogP contribution in [0.15, 0.2) is 18.2 Å². The number of nitrogens with zero attached hydrogens (tertiary/aromatic N) is 1. The SMILES string of the molecule is CCCC1CN(C(=O)c2ccc(OCC(=O)O)c(OCC)c2)CCO1. The van der Waals surface area contributed by atoms with Crippen LogP contribution in [-0.2, 0) is 9.53 Å². The van der Waals surface area contributed by atoms with Gasteiger partial charge in [-0.2, -0.15) is 0 Å². The first-order valence-electron chi connectivity index (χ1n) is 8.57. The number of hydrogen-bond acceptors (Lipinski definition) is 5. The average molecular weight is 351 g/mol. The zero-order valence-electron chi connectivity index (χ0n) is 14.7. The predicted molar refractivity (Wildman–Crippen MR) is 91.3 cm³/mol. The number of amides is 1. The molecule has 1 heterocycles. The molecule has 1 aromatic carbocycles. The Morgan fingerprint density at radius 1 is 1.28 bits per heavy atom. The number of rotatable bonds is 8. The Morgan fingerprint density at radius 2 is 2.08 bits per heavy atom. The van der Waals surface area contributed by atoms with Gasteiger partial charge in [0.1, 0.15) is 0 Å². The second-order valence-electron chi connectivity index (χ2n) is 5.81. The minimum absolute atomic E-state index is 0.0761. The second kappa shape index (κ2) is 9.27. The van der Waals surface area contributed by atoms with Gasteiger partial charge in [0.05, 0.1) is 19.3 Å². The van der Waals surface area contributed by atoms with Crippen molar-refractivity contribution in [3.63, 3.8) is 0 Å². The maximum absolute atomic E-state index is 12.8. The number of ether oxygens (including phenoxy) is 3. The highest BCUT2D eigenvalue weighted by molar-refractivity contribution is 5.95. The molecule has 0 saturated carbocycles. The summed E-state index contributed by atoms with van der Waals surface area (Å²) in [5.41, 5.74) is 0.489. The topological polar surface area (TPSA) is 85.3 Å². The largest absolute Gasteiger partial charge is 0.490 e. The molecular weight excluding hydrogens is 326 g/mol. The smallest absolute Gasteiger partial charge is 0.341 e. The lowest BCUT2D eigenvalue weighted by Gasteiger charge is -2.33. The van der Waals surface area contributed by atoms with Crippen molar-refractivity contribution >= 4 is 11.9 Å². The predicted octanol–water partition coefficient (Wildman–Crippen LogP) is 2.19. The quantitative estimate of drug-likeness (QED) is 0.773. The average Bonchev–Trinajstić information content (AvgIpc) is 2.60. The molecular formula is C18H25NO6. The molecule has 1 fully saturated rings. The summed E-state index contributed by atoms with van der Waals surface area (Å²) in [5.74, 6) is -0.479. The highest BCUT2D eigenvalue weighted by atomic mass is 16.5. The third kappa shape index (κ3) is 5.35. The first-order chi connectivity index (χ1) is 12.0. The molecule has 0 spiro atoms. The molecule has 1 N–H and O–H groups in total. The van der Waals surface area contributed by atoms with Gasteiger partial charge in [0.15, 0.2) is 18.1 Å². The normalized spacial score (nSPS) is 17.2. The summed E-state index contributed by atoms with van der Waals surface area (Å²) < 4.78 is 16.4. The van der Waals surface area contributed by atoms with Crippen LogP contribution in [0.25, 0.3) is 0 Å². The lowest BCUT2D eigenvalue weighted by Crippen LogP contribution is -2.45. The van der Waals surface area contributed by atoms with Crippen molar-refractivity contribution in [2.24, 2.45) is 0 Å². The van der Waals surface area contributed by atoms with Crippen molar-refractivity contribution < 1.29 is 28.9 Å². The Balaban J connectivity index is 2.13. The highest BCUT2D eigenvalue weighted by Crippen LogP contribution is 2.29. The van der Waals surface area contributed by atoms with Gasteiger partial charge in [-0.05, 0) is 31.5 Å². The van der Waals surface area contributed by atoms with Gasteiger partial charge in [0.25, 0.3) is 5.91 Å². The van der Waals surface area contributed by atoms with Gasteiger partial charge in [0.2, 0.25) is 0 Å². The van der Waals surface area contributed by atoms with E-state index in [0.29, 0.717) is 43.4 Å². The highest BCUT2D eigenvalue weighted by Gasteiger charge is 2.25. The molecule has 1 aromatic rings. The van der Waals surface area contributed by atoms with Crippen LogP contribution in [0.4, 0.5) is 0 Å². The van der Waals surface area contributed by atoms with E-state index >= 15 is 0 Å². The van der Waals surface area contributed by atoms with Crippen LogP contribution in [0.5, 0.6) is 11.5 Å². The number of carbonyl (C=O) groups is 2. The minimum Gasteiger partial charge on any atom is -0.490 e. The van der Waals surface area contributed by atoms with Crippen molar-refractivity contribution in [1.29, 1.82) is 0 Å². The molecule has 1 unspecified atom stereocenters. The van der Waals surface area contributed by atoms with Gasteiger partial charge in [-0.1, -0.05) is 13.3 Å². The molecule has 1 aliphatic heterocycles. The number of carboxylic acids is 1. The number of aliphatic carboxylic acids is 1. The lowest BCUT2D eigenvalue weighted by atomic mass is 10.1. The van der Waals surface area contributed by atoms with Crippen LogP contribution in [0.2, 0.25) is 0 Å². The van der Waals surface area contributed by atoms with Crippen molar-refractivity contribution in [3.8, 4) is 11.5 Å². The molecule has 2 rings (SSSR count). The zero-order chi connectivity index (χ0) is 18.2. The molecule has 0 aliphatic carbocycles. The van der Waals surface area contributed by atoms with Crippen molar-refractivity contribution in [2.45, 2.75) is 32.8 Å². The molecule has 7 heteroatoms.